The summed E-state index contributed by atoms with van der Waals surface area (Å²) in [6.07, 6.45) is 0.192. The number of ether oxygens (including phenoxy) is 1. The summed E-state index contributed by atoms with van der Waals surface area (Å²) < 4.78 is 28.4. The molecule has 7 nitrogen and oxygen atoms in total. The smallest absolute Gasteiger partial charge is 0.257 e. The minimum atomic E-state index is -3.95. The summed E-state index contributed by atoms with van der Waals surface area (Å²) in [6.45, 7) is 3.27. The predicted octanol–water partition coefficient (Wildman–Crippen LogP) is 0.360. The van der Waals surface area contributed by atoms with Gasteiger partial charge in [0, 0.05) is 6.54 Å². The highest BCUT2D eigenvalue weighted by atomic mass is 32.2. The second kappa shape index (κ2) is 7.06. The van der Waals surface area contributed by atoms with Crippen LogP contribution in [-0.4, -0.2) is 27.5 Å². The van der Waals surface area contributed by atoms with E-state index in [0.29, 0.717) is 5.56 Å². The van der Waals surface area contributed by atoms with Crippen molar-refractivity contribution in [1.29, 1.82) is 5.26 Å². The van der Waals surface area contributed by atoms with Gasteiger partial charge in [-0.3, -0.25) is 4.79 Å². The van der Waals surface area contributed by atoms with Gasteiger partial charge in [0.1, 0.15) is 10.6 Å². The van der Waals surface area contributed by atoms with Crippen molar-refractivity contribution >= 4 is 15.9 Å². The Morgan fingerprint density at radius 1 is 1.43 bits per heavy atom. The normalized spacial score (nSPS) is 10.8. The Morgan fingerprint density at radius 2 is 2.10 bits per heavy atom. The first-order valence-corrected chi connectivity index (χ1v) is 7.71. The van der Waals surface area contributed by atoms with Crippen molar-refractivity contribution in [2.75, 3.05) is 13.2 Å². The molecule has 0 saturated carbocycles. The molecule has 1 amide bonds. The fourth-order valence-electron chi connectivity index (χ4n) is 1.76. The minimum absolute atomic E-state index is 0.0681. The summed E-state index contributed by atoms with van der Waals surface area (Å²) in [4.78, 5) is 11.4. The lowest BCUT2D eigenvalue weighted by molar-refractivity contribution is -0.123. The number of hydrogen-bond acceptors (Lipinski definition) is 5. The quantitative estimate of drug-likeness (QED) is 0.734. The molecule has 0 aliphatic heterocycles. The Balaban J connectivity index is 2.89. The zero-order valence-electron chi connectivity index (χ0n) is 11.8. The maximum absolute atomic E-state index is 11.6. The summed E-state index contributed by atoms with van der Waals surface area (Å²) in [5.41, 5.74) is 1.30. The second-order valence-electron chi connectivity index (χ2n) is 4.50. The van der Waals surface area contributed by atoms with Gasteiger partial charge >= 0.3 is 0 Å². The Hall–Kier alpha value is -2.11. The number of aryl methyl sites for hydroxylation is 2. The number of benzene rings is 1. The van der Waals surface area contributed by atoms with Crippen molar-refractivity contribution < 1.29 is 17.9 Å². The lowest BCUT2D eigenvalue weighted by Gasteiger charge is -2.13. The van der Waals surface area contributed by atoms with Crippen LogP contribution in [0, 0.1) is 25.2 Å². The van der Waals surface area contributed by atoms with Crippen LogP contribution < -0.4 is 15.2 Å². The van der Waals surface area contributed by atoms with E-state index >= 15 is 0 Å². The third kappa shape index (κ3) is 5.06. The predicted molar refractivity (Wildman–Crippen MR) is 76.0 cm³/mol. The molecule has 0 bridgehead atoms. The third-order valence-electron chi connectivity index (χ3n) is 2.60. The van der Waals surface area contributed by atoms with Gasteiger partial charge < -0.3 is 10.1 Å². The van der Waals surface area contributed by atoms with Crippen LogP contribution in [0.15, 0.2) is 17.0 Å². The highest BCUT2D eigenvalue weighted by Crippen LogP contribution is 2.28. The topological polar surface area (TPSA) is 122 Å². The lowest BCUT2D eigenvalue weighted by atomic mass is 10.1. The molecular formula is C13H17N3O4S. The van der Waals surface area contributed by atoms with E-state index in [1.54, 1.807) is 19.9 Å². The zero-order chi connectivity index (χ0) is 16.0. The molecule has 0 spiro atoms. The second-order valence-corrected chi connectivity index (χ2v) is 6.03. The number of nitriles is 1. The van der Waals surface area contributed by atoms with Crippen LogP contribution in [0.5, 0.6) is 5.75 Å². The van der Waals surface area contributed by atoms with E-state index < -0.39 is 15.9 Å². The molecule has 0 aliphatic rings. The van der Waals surface area contributed by atoms with Gasteiger partial charge in [-0.15, -0.1) is 0 Å². The number of amides is 1. The maximum Gasteiger partial charge on any atom is 0.257 e. The monoisotopic (exact) mass is 311 g/mol. The van der Waals surface area contributed by atoms with Crippen LogP contribution in [0.3, 0.4) is 0 Å². The van der Waals surface area contributed by atoms with E-state index in [4.69, 9.17) is 15.1 Å². The molecule has 1 aromatic carbocycles. The third-order valence-corrected chi connectivity index (χ3v) is 3.51. The number of rotatable bonds is 6. The van der Waals surface area contributed by atoms with E-state index in [1.807, 2.05) is 6.07 Å². The molecule has 1 aromatic rings. The fraction of sp³-hybridized carbons (Fsp3) is 0.385. The summed E-state index contributed by atoms with van der Waals surface area (Å²) in [5.74, 6) is -0.371. The first-order valence-electron chi connectivity index (χ1n) is 6.16. The van der Waals surface area contributed by atoms with Gasteiger partial charge in [0.2, 0.25) is 10.0 Å². The maximum atomic E-state index is 11.6. The Labute approximate surface area is 123 Å². The van der Waals surface area contributed by atoms with Gasteiger partial charge in [0.15, 0.2) is 6.61 Å². The molecule has 3 N–H and O–H groups in total. The standard InChI is InChI=1S/C13H17N3O4S/c1-9-6-10(2)13(11(7-9)21(15,18)19)20-8-12(17)16-5-3-4-14/h6-7H,3,5,8H2,1-2H3,(H,16,17)(H2,15,18,19). The molecule has 114 valence electrons. The van der Waals surface area contributed by atoms with Gasteiger partial charge in [-0.05, 0) is 31.0 Å². The fourth-order valence-corrected chi connectivity index (χ4v) is 2.59. The van der Waals surface area contributed by atoms with Crippen LogP contribution in [-0.2, 0) is 14.8 Å². The van der Waals surface area contributed by atoms with Gasteiger partial charge in [-0.25, -0.2) is 13.6 Å². The Morgan fingerprint density at radius 3 is 2.67 bits per heavy atom. The van der Waals surface area contributed by atoms with Crippen molar-refractivity contribution in [2.45, 2.75) is 25.2 Å². The van der Waals surface area contributed by atoms with Crippen LogP contribution in [0.2, 0.25) is 0 Å². The molecular weight excluding hydrogens is 294 g/mol. The molecule has 1 rings (SSSR count). The largest absolute Gasteiger partial charge is 0.482 e. The van der Waals surface area contributed by atoms with E-state index in [-0.39, 0.29) is 30.2 Å². The number of nitrogens with two attached hydrogens (primary N) is 1. The van der Waals surface area contributed by atoms with Crippen molar-refractivity contribution in [3.63, 3.8) is 0 Å². The number of hydrogen-bond donors (Lipinski definition) is 2. The zero-order valence-corrected chi connectivity index (χ0v) is 12.7. The molecule has 0 saturated heterocycles. The Bertz CT molecular complexity index is 677. The van der Waals surface area contributed by atoms with Gasteiger partial charge in [0.25, 0.3) is 5.91 Å². The molecule has 8 heteroatoms. The van der Waals surface area contributed by atoms with Gasteiger partial charge in [0.05, 0.1) is 12.5 Å². The first-order chi connectivity index (χ1) is 9.75. The number of primary sulfonamides is 1. The van der Waals surface area contributed by atoms with Crippen molar-refractivity contribution in [3.8, 4) is 11.8 Å². The molecule has 0 radical (unpaired) electrons. The van der Waals surface area contributed by atoms with Crippen molar-refractivity contribution in [3.05, 3.63) is 23.3 Å². The summed E-state index contributed by atoms with van der Waals surface area (Å²) in [7, 11) is -3.95. The van der Waals surface area contributed by atoms with Crippen molar-refractivity contribution in [1.82, 2.24) is 5.32 Å². The highest BCUT2D eigenvalue weighted by molar-refractivity contribution is 7.89. The summed E-state index contributed by atoms with van der Waals surface area (Å²) in [6, 6.07) is 5.02. The molecule has 0 atom stereocenters. The van der Waals surface area contributed by atoms with Crippen LogP contribution in [0.4, 0.5) is 0 Å². The SMILES string of the molecule is Cc1cc(C)c(OCC(=O)NCCC#N)c(S(N)(=O)=O)c1. The van der Waals surface area contributed by atoms with Crippen LogP contribution in [0.1, 0.15) is 17.5 Å². The molecule has 0 aromatic heterocycles. The molecule has 0 aliphatic carbocycles. The van der Waals surface area contributed by atoms with Gasteiger partial charge in [-0.2, -0.15) is 5.26 Å². The van der Waals surface area contributed by atoms with Crippen LogP contribution in [0.25, 0.3) is 0 Å². The molecule has 0 unspecified atom stereocenters. The van der Waals surface area contributed by atoms with Crippen molar-refractivity contribution in [2.24, 2.45) is 5.14 Å². The Kier molecular flexibility index (Phi) is 5.69. The van der Waals surface area contributed by atoms with E-state index in [0.717, 1.165) is 5.56 Å². The first kappa shape index (κ1) is 16.9. The van der Waals surface area contributed by atoms with E-state index in [2.05, 4.69) is 5.32 Å². The van der Waals surface area contributed by atoms with Gasteiger partial charge in [-0.1, -0.05) is 6.07 Å². The number of nitrogens with zero attached hydrogens (tertiary/aromatic N) is 1. The minimum Gasteiger partial charge on any atom is -0.482 e. The van der Waals surface area contributed by atoms with E-state index in [9.17, 15) is 13.2 Å². The average molecular weight is 311 g/mol. The summed E-state index contributed by atoms with van der Waals surface area (Å²) >= 11 is 0. The average Bonchev–Trinajstić information content (AvgIpc) is 2.36. The molecule has 0 fully saturated rings. The number of nitrogens with one attached hydrogen (secondary N) is 1. The molecule has 0 heterocycles. The molecule has 21 heavy (non-hydrogen) atoms. The lowest BCUT2D eigenvalue weighted by Crippen LogP contribution is -2.30. The number of carbonyl (C=O) groups excluding carboxylic acids is 1. The highest BCUT2D eigenvalue weighted by Gasteiger charge is 2.19. The van der Waals surface area contributed by atoms with Crippen LogP contribution >= 0.6 is 0 Å². The number of carbonyl (C=O) groups is 1. The van der Waals surface area contributed by atoms with E-state index in [1.165, 1.54) is 6.07 Å². The summed E-state index contributed by atoms with van der Waals surface area (Å²) in [5, 5.41) is 16.0. The number of sulfonamides is 1.